The molecular weight excluding hydrogens is 618 g/mol. The summed E-state index contributed by atoms with van der Waals surface area (Å²) in [6.45, 7) is 15.2. The van der Waals surface area contributed by atoms with Gasteiger partial charge in [0.15, 0.2) is 0 Å². The second-order valence-corrected chi connectivity index (χ2v) is 17.9. The first-order valence-corrected chi connectivity index (χ1v) is 19.3. The Morgan fingerprint density at radius 2 is 1.57 bits per heavy atom. The van der Waals surface area contributed by atoms with E-state index in [2.05, 4.69) is 62.5 Å². The first kappa shape index (κ1) is 37.3. The minimum absolute atomic E-state index is 0.00437. The maximum Gasteiger partial charge on any atom is 0.315 e. The van der Waals surface area contributed by atoms with E-state index in [4.69, 9.17) is 0 Å². The van der Waals surface area contributed by atoms with Crippen LogP contribution in [-0.2, 0) is 19.2 Å². The largest absolute Gasteiger partial charge is 0.346 e. The van der Waals surface area contributed by atoms with E-state index in [1.807, 2.05) is 0 Å². The Balaban J connectivity index is 1.34. The van der Waals surface area contributed by atoms with Crippen LogP contribution < -0.4 is 21.3 Å². The number of hydrogen-bond donors (Lipinski definition) is 4. The molecule has 0 aromatic rings. The van der Waals surface area contributed by atoms with Crippen molar-refractivity contribution in [2.24, 2.45) is 34.5 Å². The lowest BCUT2D eigenvalue weighted by Crippen LogP contribution is -2.62. The number of carbonyl (C=O) groups is 5. The van der Waals surface area contributed by atoms with E-state index in [0.29, 0.717) is 18.9 Å². The molecule has 10 nitrogen and oxygen atoms in total. The van der Waals surface area contributed by atoms with Crippen LogP contribution >= 0.6 is 0 Å². The smallest absolute Gasteiger partial charge is 0.315 e. The fraction of sp³-hybridized carbons (Fsp3) is 0.821. The van der Waals surface area contributed by atoms with Crippen LogP contribution in [0.2, 0.25) is 0 Å². The number of fused-ring (bicyclic) bond motifs is 1. The SMILES string of the molecule is C=CCNC(=O)C(=O)C(CC1CC1)NC(=O)[C@@H]1[C@@H]2C(CN1C(=O)[C@@H](NC(=O)NC1(CCC(C)(C)C)CCCCC1)C1CCCCC1)C2(C)C. The zero-order valence-electron chi connectivity index (χ0n) is 30.8. The Morgan fingerprint density at radius 1 is 0.918 bits per heavy atom. The van der Waals surface area contributed by atoms with Crippen LogP contribution in [0.3, 0.4) is 0 Å². The number of urea groups is 1. The number of Topliss-reactive ketones (excluding diaryl/α,β-unsaturated/α-hetero) is 1. The topological polar surface area (TPSA) is 137 Å². The average molecular weight is 682 g/mol. The van der Waals surface area contributed by atoms with Gasteiger partial charge in [0.1, 0.15) is 12.1 Å². The third kappa shape index (κ3) is 9.07. The van der Waals surface area contributed by atoms with Crippen LogP contribution in [0.15, 0.2) is 12.7 Å². The molecule has 4 aliphatic carbocycles. The van der Waals surface area contributed by atoms with E-state index in [1.165, 1.54) is 12.5 Å². The highest BCUT2D eigenvalue weighted by molar-refractivity contribution is 6.38. The number of amides is 5. The molecule has 4 N–H and O–H groups in total. The molecule has 1 heterocycles. The third-order valence-electron chi connectivity index (χ3n) is 12.5. The quantitative estimate of drug-likeness (QED) is 0.144. The van der Waals surface area contributed by atoms with Gasteiger partial charge in [-0.2, -0.15) is 0 Å². The number of carbonyl (C=O) groups excluding carboxylic acids is 5. The monoisotopic (exact) mass is 681 g/mol. The summed E-state index contributed by atoms with van der Waals surface area (Å²) in [5.74, 6) is -1.58. The van der Waals surface area contributed by atoms with Gasteiger partial charge >= 0.3 is 6.03 Å². The fourth-order valence-electron chi connectivity index (χ4n) is 9.12. The zero-order valence-corrected chi connectivity index (χ0v) is 30.8. The summed E-state index contributed by atoms with van der Waals surface area (Å²) in [6.07, 6.45) is 15.8. The second kappa shape index (κ2) is 15.1. The van der Waals surface area contributed by atoms with E-state index in [0.717, 1.165) is 83.5 Å². The second-order valence-electron chi connectivity index (χ2n) is 17.9. The minimum Gasteiger partial charge on any atom is -0.346 e. The number of hydrogen-bond acceptors (Lipinski definition) is 5. The van der Waals surface area contributed by atoms with Gasteiger partial charge in [0, 0.05) is 18.6 Å². The molecule has 1 saturated heterocycles. The van der Waals surface area contributed by atoms with Crippen molar-refractivity contribution in [3.05, 3.63) is 12.7 Å². The van der Waals surface area contributed by atoms with E-state index in [-0.39, 0.29) is 58.5 Å². The lowest BCUT2D eigenvalue weighted by Gasteiger charge is -2.41. The van der Waals surface area contributed by atoms with Gasteiger partial charge in [0.25, 0.3) is 5.91 Å². The van der Waals surface area contributed by atoms with E-state index in [1.54, 1.807) is 4.90 Å². The zero-order chi connectivity index (χ0) is 35.6. The fourth-order valence-corrected chi connectivity index (χ4v) is 9.12. The summed E-state index contributed by atoms with van der Waals surface area (Å²) < 4.78 is 0. The number of nitrogens with one attached hydrogen (secondary N) is 4. The highest BCUT2D eigenvalue weighted by atomic mass is 16.2. The van der Waals surface area contributed by atoms with Crippen LogP contribution in [0.25, 0.3) is 0 Å². The molecule has 0 aromatic carbocycles. The summed E-state index contributed by atoms with van der Waals surface area (Å²) in [5, 5.41) is 12.1. The Labute approximate surface area is 294 Å². The molecule has 5 amide bonds. The summed E-state index contributed by atoms with van der Waals surface area (Å²) in [6, 6.07) is -2.72. The average Bonchev–Trinajstić information content (AvgIpc) is 3.92. The van der Waals surface area contributed by atoms with Crippen molar-refractivity contribution in [1.29, 1.82) is 0 Å². The van der Waals surface area contributed by atoms with Crippen molar-refractivity contribution in [2.45, 2.75) is 155 Å². The van der Waals surface area contributed by atoms with Crippen LogP contribution in [0.5, 0.6) is 0 Å². The molecular formula is C39H63N5O5. The number of nitrogens with zero attached hydrogens (tertiary/aromatic N) is 1. The Morgan fingerprint density at radius 3 is 2.18 bits per heavy atom. The number of likely N-dealkylation sites (tertiary alicyclic amines) is 1. The van der Waals surface area contributed by atoms with Gasteiger partial charge in [0.2, 0.25) is 17.6 Å². The molecule has 10 heteroatoms. The van der Waals surface area contributed by atoms with Gasteiger partial charge < -0.3 is 26.2 Å². The minimum atomic E-state index is -0.944. The molecule has 4 saturated carbocycles. The highest BCUT2D eigenvalue weighted by Gasteiger charge is 2.69. The van der Waals surface area contributed by atoms with Gasteiger partial charge in [-0.05, 0) is 79.4 Å². The lowest BCUT2D eigenvalue weighted by atomic mass is 9.75. The molecule has 0 aromatic heterocycles. The van der Waals surface area contributed by atoms with Crippen molar-refractivity contribution in [2.75, 3.05) is 13.1 Å². The molecule has 0 spiro atoms. The predicted octanol–water partition coefficient (Wildman–Crippen LogP) is 5.40. The van der Waals surface area contributed by atoms with Crippen molar-refractivity contribution in [3.63, 3.8) is 0 Å². The van der Waals surface area contributed by atoms with Crippen molar-refractivity contribution in [3.8, 4) is 0 Å². The van der Waals surface area contributed by atoms with Gasteiger partial charge in [-0.25, -0.2) is 4.79 Å². The maximum absolute atomic E-state index is 14.7. The van der Waals surface area contributed by atoms with Crippen molar-refractivity contribution >= 4 is 29.5 Å². The first-order valence-electron chi connectivity index (χ1n) is 19.3. The lowest BCUT2D eigenvalue weighted by molar-refractivity contribution is -0.144. The molecule has 0 radical (unpaired) electrons. The number of ketones is 1. The maximum atomic E-state index is 14.7. The van der Waals surface area contributed by atoms with E-state index >= 15 is 0 Å². The summed E-state index contributed by atoms with van der Waals surface area (Å²) in [7, 11) is 0. The summed E-state index contributed by atoms with van der Waals surface area (Å²) in [5.41, 5.74) is -0.249. The van der Waals surface area contributed by atoms with Crippen LogP contribution in [0.1, 0.15) is 131 Å². The van der Waals surface area contributed by atoms with Gasteiger partial charge in [0.05, 0.1) is 6.04 Å². The molecule has 274 valence electrons. The molecule has 1 aliphatic heterocycles. The third-order valence-corrected chi connectivity index (χ3v) is 12.5. The Hall–Kier alpha value is -2.91. The van der Waals surface area contributed by atoms with Gasteiger partial charge in [-0.3, -0.25) is 19.2 Å². The summed E-state index contributed by atoms with van der Waals surface area (Å²) >= 11 is 0. The van der Waals surface area contributed by atoms with Crippen molar-refractivity contribution in [1.82, 2.24) is 26.2 Å². The van der Waals surface area contributed by atoms with Gasteiger partial charge in [-0.1, -0.05) is 92.1 Å². The molecule has 0 bridgehead atoms. The molecule has 5 fully saturated rings. The van der Waals surface area contributed by atoms with Crippen LogP contribution in [0.4, 0.5) is 4.79 Å². The van der Waals surface area contributed by atoms with Crippen LogP contribution in [0, 0.1) is 34.5 Å². The molecule has 5 atom stereocenters. The molecule has 5 rings (SSSR count). The highest BCUT2D eigenvalue weighted by Crippen LogP contribution is 2.65. The molecule has 49 heavy (non-hydrogen) atoms. The first-order chi connectivity index (χ1) is 23.2. The summed E-state index contributed by atoms with van der Waals surface area (Å²) in [4.78, 5) is 70.4. The van der Waals surface area contributed by atoms with E-state index in [9.17, 15) is 24.0 Å². The van der Waals surface area contributed by atoms with Crippen molar-refractivity contribution < 1.29 is 24.0 Å². The van der Waals surface area contributed by atoms with Crippen LogP contribution in [-0.4, -0.2) is 71.2 Å². The standard InChI is InChI=1S/C39H63N5O5/c1-7-22-40-34(47)32(45)28(23-25-16-17-25)41-33(46)31-29-27(38(29,5)6)24-44(31)35(48)30(26-14-10-8-11-15-26)42-36(49)43-39(18-12-9-13-19-39)21-20-37(2,3)4/h7,25-31H,1,8-24H2,2-6H3,(H,40,47)(H,41,46)(H2,42,43,49)/t27?,28?,29-,30-,31-/m0/s1. The number of rotatable bonds is 14. The normalized spacial score (nSPS) is 27.2. The Bertz CT molecular complexity index is 1260. The Kier molecular flexibility index (Phi) is 11.5. The van der Waals surface area contributed by atoms with Gasteiger partial charge in [-0.15, -0.1) is 6.58 Å². The molecule has 5 aliphatic rings. The molecule has 2 unspecified atom stereocenters. The number of piperidine rings is 1. The van der Waals surface area contributed by atoms with E-state index < -0.39 is 29.8 Å². The predicted molar refractivity (Wildman–Crippen MR) is 190 cm³/mol.